The molecular formula is C28H31Cl2N3O6S. The first-order valence-electron chi connectivity index (χ1n) is 12.3. The first kappa shape index (κ1) is 31.1. The molecule has 3 rings (SSSR count). The first-order chi connectivity index (χ1) is 19.1. The molecule has 0 saturated heterocycles. The van der Waals surface area contributed by atoms with Crippen LogP contribution in [-0.4, -0.2) is 59.0 Å². The second kappa shape index (κ2) is 13.7. The molecule has 12 heteroatoms. The van der Waals surface area contributed by atoms with E-state index >= 15 is 0 Å². The van der Waals surface area contributed by atoms with Gasteiger partial charge in [-0.25, -0.2) is 8.42 Å². The van der Waals surface area contributed by atoms with E-state index in [1.165, 1.54) is 68.6 Å². The zero-order chi connectivity index (χ0) is 29.4. The normalized spacial score (nSPS) is 11.8. The number of methoxy groups -OCH3 is 2. The maximum absolute atomic E-state index is 14.0. The number of hydrogen-bond donors (Lipinski definition) is 1. The smallest absolute Gasteiger partial charge is 0.264 e. The largest absolute Gasteiger partial charge is 0.493 e. The molecule has 0 saturated carbocycles. The molecule has 214 valence electrons. The predicted molar refractivity (Wildman–Crippen MR) is 156 cm³/mol. The van der Waals surface area contributed by atoms with E-state index in [1.54, 1.807) is 31.2 Å². The molecule has 0 heterocycles. The van der Waals surface area contributed by atoms with Gasteiger partial charge >= 0.3 is 0 Å². The van der Waals surface area contributed by atoms with Crippen molar-refractivity contribution in [1.82, 2.24) is 10.2 Å². The summed E-state index contributed by atoms with van der Waals surface area (Å²) >= 11 is 12.4. The third kappa shape index (κ3) is 6.99. The number of halogens is 2. The number of anilines is 1. The number of sulfonamides is 1. The second-order valence-corrected chi connectivity index (χ2v) is 11.4. The van der Waals surface area contributed by atoms with Gasteiger partial charge in [-0.1, -0.05) is 48.3 Å². The van der Waals surface area contributed by atoms with Crippen molar-refractivity contribution < 1.29 is 27.5 Å². The van der Waals surface area contributed by atoms with E-state index in [0.29, 0.717) is 27.8 Å². The van der Waals surface area contributed by atoms with Gasteiger partial charge in [-0.15, -0.1) is 0 Å². The summed E-state index contributed by atoms with van der Waals surface area (Å²) in [5, 5.41) is 3.39. The predicted octanol–water partition coefficient (Wildman–Crippen LogP) is 4.76. The van der Waals surface area contributed by atoms with E-state index < -0.39 is 28.5 Å². The minimum atomic E-state index is -4.31. The number of carbonyl (C=O) groups excluding carboxylic acids is 2. The average molecular weight is 609 g/mol. The van der Waals surface area contributed by atoms with Crippen molar-refractivity contribution >= 4 is 50.7 Å². The molecule has 3 aromatic rings. The summed E-state index contributed by atoms with van der Waals surface area (Å²) in [6.45, 7) is 1.16. The lowest BCUT2D eigenvalue weighted by molar-refractivity contribution is -0.140. The molecule has 0 fully saturated rings. The van der Waals surface area contributed by atoms with Crippen LogP contribution in [0.25, 0.3) is 0 Å². The number of amides is 2. The van der Waals surface area contributed by atoms with Crippen LogP contribution in [0.5, 0.6) is 11.5 Å². The van der Waals surface area contributed by atoms with Gasteiger partial charge in [0, 0.05) is 29.7 Å². The van der Waals surface area contributed by atoms with Gasteiger partial charge in [0.15, 0.2) is 11.5 Å². The van der Waals surface area contributed by atoms with E-state index in [0.717, 1.165) is 4.31 Å². The zero-order valence-corrected chi connectivity index (χ0v) is 24.9. The molecule has 0 aliphatic rings. The van der Waals surface area contributed by atoms with Gasteiger partial charge in [0.25, 0.3) is 10.0 Å². The Kier molecular flexibility index (Phi) is 10.7. The van der Waals surface area contributed by atoms with E-state index in [1.807, 2.05) is 0 Å². The van der Waals surface area contributed by atoms with Crippen LogP contribution in [0.1, 0.15) is 18.9 Å². The number of benzene rings is 3. The SMILES string of the molecule is CCC(C(=O)NC)N(Cc1ccccc1Cl)C(=O)CN(c1ccc(Cl)cc1)S(=O)(=O)c1ccc(OC)c(OC)c1. The second-order valence-electron chi connectivity index (χ2n) is 8.66. The van der Waals surface area contributed by atoms with Crippen LogP contribution in [0.3, 0.4) is 0 Å². The highest BCUT2D eigenvalue weighted by Crippen LogP contribution is 2.33. The molecule has 0 aliphatic carbocycles. The van der Waals surface area contributed by atoms with Gasteiger partial charge in [0.1, 0.15) is 12.6 Å². The fraction of sp³-hybridized carbons (Fsp3) is 0.286. The van der Waals surface area contributed by atoms with E-state index in [2.05, 4.69) is 5.32 Å². The van der Waals surface area contributed by atoms with Gasteiger partial charge in [-0.2, -0.15) is 0 Å². The summed E-state index contributed by atoms with van der Waals surface area (Å²) < 4.78 is 39.5. The molecule has 2 amide bonds. The van der Waals surface area contributed by atoms with Gasteiger partial charge in [-0.05, 0) is 54.4 Å². The van der Waals surface area contributed by atoms with Crippen LogP contribution in [0.15, 0.2) is 71.6 Å². The Labute approximate surface area is 244 Å². The standard InChI is InChI=1S/C28H31Cl2N3O6S/c1-5-24(28(35)31-2)32(17-19-8-6-7-9-23(19)30)27(34)18-33(21-12-10-20(29)11-13-21)40(36,37)22-14-15-25(38-3)26(16-22)39-4/h6-16,24H,5,17-18H2,1-4H3,(H,31,35). The van der Waals surface area contributed by atoms with E-state index in [9.17, 15) is 18.0 Å². The molecular weight excluding hydrogens is 577 g/mol. The molecule has 0 bridgehead atoms. The lowest BCUT2D eigenvalue weighted by atomic mass is 10.1. The third-order valence-corrected chi connectivity index (χ3v) is 8.66. The molecule has 0 radical (unpaired) electrons. The van der Waals surface area contributed by atoms with Gasteiger partial charge in [-0.3, -0.25) is 13.9 Å². The molecule has 9 nitrogen and oxygen atoms in total. The van der Waals surface area contributed by atoms with Crippen LogP contribution >= 0.6 is 23.2 Å². The Morgan fingerprint density at radius 2 is 1.60 bits per heavy atom. The highest BCUT2D eigenvalue weighted by Gasteiger charge is 2.34. The van der Waals surface area contributed by atoms with Crippen molar-refractivity contribution in [3.8, 4) is 11.5 Å². The van der Waals surface area contributed by atoms with Crippen LogP contribution in [0, 0.1) is 0 Å². The molecule has 0 spiro atoms. The molecule has 1 N–H and O–H groups in total. The Morgan fingerprint density at radius 3 is 2.17 bits per heavy atom. The molecule has 1 unspecified atom stereocenters. The van der Waals surface area contributed by atoms with Gasteiger partial charge < -0.3 is 19.7 Å². The monoisotopic (exact) mass is 607 g/mol. The summed E-state index contributed by atoms with van der Waals surface area (Å²) in [5.41, 5.74) is 0.818. The minimum absolute atomic E-state index is 0.00467. The number of nitrogens with zero attached hydrogens (tertiary/aromatic N) is 2. The van der Waals surface area contributed by atoms with Crippen LogP contribution in [-0.2, 0) is 26.2 Å². The lowest BCUT2D eigenvalue weighted by Crippen LogP contribution is -2.51. The van der Waals surface area contributed by atoms with Crippen molar-refractivity contribution in [2.45, 2.75) is 30.8 Å². The Hall–Kier alpha value is -3.47. The maximum atomic E-state index is 14.0. The van der Waals surface area contributed by atoms with Crippen molar-refractivity contribution in [3.63, 3.8) is 0 Å². The van der Waals surface area contributed by atoms with Crippen LogP contribution in [0.2, 0.25) is 10.0 Å². The van der Waals surface area contributed by atoms with Crippen LogP contribution < -0.4 is 19.1 Å². The molecule has 1 atom stereocenters. The van der Waals surface area contributed by atoms with Gasteiger partial charge in [0.2, 0.25) is 11.8 Å². The zero-order valence-electron chi connectivity index (χ0n) is 22.6. The van der Waals surface area contributed by atoms with Crippen molar-refractivity contribution in [1.29, 1.82) is 0 Å². The van der Waals surface area contributed by atoms with Crippen LogP contribution in [0.4, 0.5) is 5.69 Å². The highest BCUT2D eigenvalue weighted by atomic mass is 35.5. The molecule has 0 aliphatic heterocycles. The number of rotatable bonds is 12. The maximum Gasteiger partial charge on any atom is 0.264 e. The number of ether oxygens (including phenoxy) is 2. The topological polar surface area (TPSA) is 105 Å². The summed E-state index contributed by atoms with van der Waals surface area (Å²) in [6, 6.07) is 16.3. The number of carbonyl (C=O) groups is 2. The Bertz CT molecular complexity index is 1450. The van der Waals surface area contributed by atoms with Crippen molar-refractivity contribution in [2.24, 2.45) is 0 Å². The average Bonchev–Trinajstić information content (AvgIpc) is 2.96. The van der Waals surface area contributed by atoms with Crippen molar-refractivity contribution in [3.05, 3.63) is 82.3 Å². The fourth-order valence-corrected chi connectivity index (χ4v) is 5.89. The highest BCUT2D eigenvalue weighted by molar-refractivity contribution is 7.92. The first-order valence-corrected chi connectivity index (χ1v) is 14.5. The van der Waals surface area contributed by atoms with Crippen molar-refractivity contribution in [2.75, 3.05) is 32.1 Å². The minimum Gasteiger partial charge on any atom is -0.493 e. The quantitative estimate of drug-likeness (QED) is 0.318. The Balaban J connectivity index is 2.10. The number of nitrogens with one attached hydrogen (secondary N) is 1. The summed E-state index contributed by atoms with van der Waals surface area (Å²) in [6.07, 6.45) is 0.291. The summed E-state index contributed by atoms with van der Waals surface area (Å²) in [4.78, 5) is 28.0. The fourth-order valence-electron chi connectivity index (χ4n) is 4.14. The molecule has 0 aromatic heterocycles. The van der Waals surface area contributed by atoms with E-state index in [-0.39, 0.29) is 28.8 Å². The third-order valence-electron chi connectivity index (χ3n) is 6.27. The number of hydrogen-bond acceptors (Lipinski definition) is 6. The molecule has 3 aromatic carbocycles. The van der Waals surface area contributed by atoms with Gasteiger partial charge in [0.05, 0.1) is 24.8 Å². The number of likely N-dealkylation sites (N-methyl/N-ethyl adjacent to an activating group) is 1. The Morgan fingerprint density at radius 1 is 0.950 bits per heavy atom. The lowest BCUT2D eigenvalue weighted by Gasteiger charge is -2.33. The van der Waals surface area contributed by atoms with E-state index in [4.69, 9.17) is 32.7 Å². The summed E-state index contributed by atoms with van der Waals surface area (Å²) in [7, 11) is -0.00172. The molecule has 40 heavy (non-hydrogen) atoms. The summed E-state index contributed by atoms with van der Waals surface area (Å²) in [5.74, 6) is -0.437.